The highest BCUT2D eigenvalue weighted by atomic mass is 79.9. The second-order valence-electron chi connectivity index (χ2n) is 11.5. The van der Waals surface area contributed by atoms with Crippen molar-refractivity contribution in [3.05, 3.63) is 160 Å². The summed E-state index contributed by atoms with van der Waals surface area (Å²) in [5.41, 5.74) is 2.69. The lowest BCUT2D eigenvalue weighted by molar-refractivity contribution is -0.129. The van der Waals surface area contributed by atoms with E-state index in [4.69, 9.17) is 19.6 Å². The molecular weight excluding hydrogens is 678 g/mol. The van der Waals surface area contributed by atoms with Gasteiger partial charge in [0.2, 0.25) is 5.90 Å². The maximum Gasteiger partial charge on any atom is 0.252 e. The Labute approximate surface area is 286 Å². The van der Waals surface area contributed by atoms with Crippen LogP contribution in [0.25, 0.3) is 11.1 Å². The summed E-state index contributed by atoms with van der Waals surface area (Å²) in [5, 5.41) is 11.9. The highest BCUT2D eigenvalue weighted by Crippen LogP contribution is 2.44. The molecule has 1 aliphatic heterocycles. The molecule has 0 spiro atoms. The minimum atomic E-state index is -1.53. The number of amides is 1. The smallest absolute Gasteiger partial charge is 0.252 e. The van der Waals surface area contributed by atoms with Gasteiger partial charge in [-0.2, -0.15) is 0 Å². The second-order valence-corrected chi connectivity index (χ2v) is 12.3. The summed E-state index contributed by atoms with van der Waals surface area (Å²) < 4.78 is 41.8. The van der Waals surface area contributed by atoms with Crippen LogP contribution in [0.5, 0.6) is 5.75 Å². The summed E-state index contributed by atoms with van der Waals surface area (Å²) in [4.78, 5) is 19.6. The van der Waals surface area contributed by atoms with Crippen LogP contribution >= 0.6 is 15.9 Å². The van der Waals surface area contributed by atoms with E-state index in [9.17, 15) is 13.6 Å². The zero-order valence-corrected chi connectivity index (χ0v) is 27.5. The fourth-order valence-electron chi connectivity index (χ4n) is 5.70. The molecule has 244 valence electrons. The van der Waals surface area contributed by atoms with Crippen LogP contribution in [-0.2, 0) is 22.5 Å². The van der Waals surface area contributed by atoms with E-state index in [2.05, 4.69) is 21.2 Å². The highest BCUT2D eigenvalue weighted by molar-refractivity contribution is 9.10. The Morgan fingerprint density at radius 3 is 2.27 bits per heavy atom. The molecule has 1 aliphatic rings. The Morgan fingerprint density at radius 1 is 0.854 bits per heavy atom. The standard InChI is InChI=1S/C39H33BrF2N2O4/c40-34-10-5-4-9-30(34)24-39(38(46)43-25-31-23-32(41)17-20-35(31)42)36(28-13-11-27(12-14-28)26-7-2-1-3-8-26)48-37(44-39)29-15-18-33(19-16-29)47-22-6-21-45/h1-5,7-20,23,36,45H,6,21-22,24-25H2,(H,43,46)/t36-,39-/m1/s1. The van der Waals surface area contributed by atoms with Gasteiger partial charge in [-0.1, -0.05) is 88.7 Å². The van der Waals surface area contributed by atoms with E-state index in [1.807, 2.05) is 78.9 Å². The summed E-state index contributed by atoms with van der Waals surface area (Å²) in [7, 11) is 0. The lowest BCUT2D eigenvalue weighted by Gasteiger charge is -2.31. The number of benzene rings is 5. The summed E-state index contributed by atoms with van der Waals surface area (Å²) in [5.74, 6) is -0.856. The Morgan fingerprint density at radius 2 is 1.54 bits per heavy atom. The van der Waals surface area contributed by atoms with Crippen LogP contribution in [0, 0.1) is 11.6 Å². The predicted octanol–water partition coefficient (Wildman–Crippen LogP) is 7.97. The quantitative estimate of drug-likeness (QED) is 0.129. The number of carbonyl (C=O) groups excluding carboxylic acids is 1. The lowest BCUT2D eigenvalue weighted by atomic mass is 9.81. The first kappa shape index (κ1) is 33.1. The third-order valence-electron chi connectivity index (χ3n) is 8.22. The maximum absolute atomic E-state index is 14.6. The number of nitrogens with zero attached hydrogens (tertiary/aromatic N) is 1. The number of hydrogen-bond donors (Lipinski definition) is 2. The number of ether oxygens (including phenoxy) is 2. The van der Waals surface area contributed by atoms with Crippen molar-refractivity contribution < 1.29 is 28.2 Å². The average Bonchev–Trinajstić information content (AvgIpc) is 3.51. The molecule has 0 radical (unpaired) electrons. The maximum atomic E-state index is 14.6. The van der Waals surface area contributed by atoms with Gasteiger partial charge in [0.05, 0.1) is 6.61 Å². The van der Waals surface area contributed by atoms with E-state index in [0.717, 1.165) is 44.9 Å². The first-order chi connectivity index (χ1) is 23.4. The molecule has 2 atom stereocenters. The number of aliphatic imine (C=N–C) groups is 1. The van der Waals surface area contributed by atoms with Gasteiger partial charge in [-0.15, -0.1) is 0 Å². The van der Waals surface area contributed by atoms with Gasteiger partial charge in [0.15, 0.2) is 11.6 Å². The number of aliphatic hydroxyl groups is 1. The first-order valence-electron chi connectivity index (χ1n) is 15.6. The topological polar surface area (TPSA) is 80.2 Å². The molecule has 0 saturated carbocycles. The molecule has 5 aromatic rings. The number of carbonyl (C=O) groups is 1. The van der Waals surface area contributed by atoms with Crippen molar-refractivity contribution >= 4 is 27.7 Å². The molecule has 0 aliphatic carbocycles. The van der Waals surface area contributed by atoms with Gasteiger partial charge in [-0.3, -0.25) is 4.79 Å². The Hall–Kier alpha value is -4.86. The molecule has 0 aromatic heterocycles. The van der Waals surface area contributed by atoms with Crippen LogP contribution in [0.3, 0.4) is 0 Å². The molecule has 5 aromatic carbocycles. The van der Waals surface area contributed by atoms with Crippen LogP contribution in [0.4, 0.5) is 8.78 Å². The monoisotopic (exact) mass is 710 g/mol. The molecule has 6 rings (SSSR count). The zero-order chi connectivity index (χ0) is 33.5. The summed E-state index contributed by atoms with van der Waals surface area (Å²) in [6.07, 6.45) is -0.223. The summed E-state index contributed by atoms with van der Waals surface area (Å²) in [6, 6.07) is 35.6. The predicted molar refractivity (Wildman–Crippen MR) is 185 cm³/mol. The van der Waals surface area contributed by atoms with Gasteiger partial charge in [-0.25, -0.2) is 13.8 Å². The highest BCUT2D eigenvalue weighted by Gasteiger charge is 2.53. The second kappa shape index (κ2) is 14.9. The van der Waals surface area contributed by atoms with Gasteiger partial charge in [0, 0.05) is 41.6 Å². The average molecular weight is 712 g/mol. The Bertz CT molecular complexity index is 1900. The van der Waals surface area contributed by atoms with E-state index >= 15 is 0 Å². The first-order valence-corrected chi connectivity index (χ1v) is 16.4. The van der Waals surface area contributed by atoms with Crippen LogP contribution in [0.1, 0.15) is 34.8 Å². The molecule has 1 amide bonds. The van der Waals surface area contributed by atoms with E-state index in [0.29, 0.717) is 24.3 Å². The molecule has 48 heavy (non-hydrogen) atoms. The van der Waals surface area contributed by atoms with E-state index in [1.165, 1.54) is 0 Å². The number of halogens is 3. The van der Waals surface area contributed by atoms with Crippen molar-refractivity contribution in [2.75, 3.05) is 13.2 Å². The minimum Gasteiger partial charge on any atom is -0.494 e. The Balaban J connectivity index is 1.42. The van der Waals surface area contributed by atoms with Crippen molar-refractivity contribution in [1.82, 2.24) is 5.32 Å². The fourth-order valence-corrected chi connectivity index (χ4v) is 6.13. The molecule has 0 saturated heterocycles. The normalized spacial score (nSPS) is 17.0. The van der Waals surface area contributed by atoms with Crippen molar-refractivity contribution in [3.8, 4) is 16.9 Å². The van der Waals surface area contributed by atoms with Gasteiger partial charge >= 0.3 is 0 Å². The number of aliphatic hydroxyl groups excluding tert-OH is 1. The van der Waals surface area contributed by atoms with Crippen LogP contribution in [0.2, 0.25) is 0 Å². The third-order valence-corrected chi connectivity index (χ3v) is 8.99. The van der Waals surface area contributed by atoms with Gasteiger partial charge in [0.25, 0.3) is 5.91 Å². The SMILES string of the molecule is O=C(NCc1cc(F)ccc1F)[C@]1(Cc2ccccc2Br)N=C(c2ccc(OCCCO)cc2)O[C@@H]1c1ccc(-c2ccccc2)cc1. The largest absolute Gasteiger partial charge is 0.494 e. The number of rotatable bonds is 12. The molecule has 0 unspecified atom stereocenters. The summed E-state index contributed by atoms with van der Waals surface area (Å²) in [6.45, 7) is 0.157. The van der Waals surface area contributed by atoms with Gasteiger partial charge in [-0.05, 0) is 70.8 Å². The third kappa shape index (κ3) is 7.32. The van der Waals surface area contributed by atoms with E-state index < -0.39 is 29.2 Å². The van der Waals surface area contributed by atoms with Crippen LogP contribution in [-0.4, -0.2) is 35.7 Å². The van der Waals surface area contributed by atoms with Gasteiger partial charge < -0.3 is 19.9 Å². The number of hydrogen-bond acceptors (Lipinski definition) is 5. The molecule has 9 heteroatoms. The van der Waals surface area contributed by atoms with Crippen molar-refractivity contribution in [1.29, 1.82) is 0 Å². The van der Waals surface area contributed by atoms with Gasteiger partial charge in [0.1, 0.15) is 17.4 Å². The van der Waals surface area contributed by atoms with Crippen molar-refractivity contribution in [2.45, 2.75) is 31.0 Å². The molecular formula is C39H33BrF2N2O4. The summed E-state index contributed by atoms with van der Waals surface area (Å²) >= 11 is 3.63. The minimum absolute atomic E-state index is 0.0167. The van der Waals surface area contributed by atoms with Crippen molar-refractivity contribution in [2.24, 2.45) is 4.99 Å². The zero-order valence-electron chi connectivity index (χ0n) is 25.9. The van der Waals surface area contributed by atoms with E-state index in [1.54, 1.807) is 24.3 Å². The Kier molecular flexibility index (Phi) is 10.3. The molecule has 1 heterocycles. The van der Waals surface area contributed by atoms with Crippen LogP contribution in [0.15, 0.2) is 131 Å². The van der Waals surface area contributed by atoms with Crippen molar-refractivity contribution in [3.63, 3.8) is 0 Å². The molecule has 6 nitrogen and oxygen atoms in total. The number of nitrogens with one attached hydrogen (secondary N) is 1. The molecule has 0 bridgehead atoms. The molecule has 2 N–H and O–H groups in total. The van der Waals surface area contributed by atoms with Crippen LogP contribution < -0.4 is 10.1 Å². The van der Waals surface area contributed by atoms with E-state index in [-0.39, 0.29) is 31.0 Å². The lowest BCUT2D eigenvalue weighted by Crippen LogP contribution is -2.49. The molecule has 0 fully saturated rings. The fraction of sp³-hybridized carbons (Fsp3) is 0.179.